The molecule has 2 heterocycles. The van der Waals surface area contributed by atoms with Crippen molar-refractivity contribution in [3.8, 4) is 11.5 Å². The Hall–Kier alpha value is -4.33. The summed E-state index contributed by atoms with van der Waals surface area (Å²) in [5.41, 5.74) is 3.82. The van der Waals surface area contributed by atoms with Gasteiger partial charge in [0.15, 0.2) is 0 Å². The first-order valence-electron chi connectivity index (χ1n) is 10.4. The molecule has 8 nitrogen and oxygen atoms in total. The standard InChI is InChI=1S/C25H24N4O4/c1-16-10-11-21(32-3)20(13-16)28-25(31)27-19-8-4-5-9-22(19)33-15-18-14-23(30)29-12-6-7-17(2)24(29)26-18/h4-14H,15H2,1-3H3,(H2,27,28,31). The zero-order valence-corrected chi connectivity index (χ0v) is 18.6. The molecule has 0 aliphatic rings. The third kappa shape index (κ3) is 4.95. The van der Waals surface area contributed by atoms with E-state index < -0.39 is 6.03 Å². The number of fused-ring (bicyclic) bond motifs is 1. The summed E-state index contributed by atoms with van der Waals surface area (Å²) in [6.07, 6.45) is 1.68. The minimum Gasteiger partial charge on any atom is -0.495 e. The molecule has 0 fully saturated rings. The minimum absolute atomic E-state index is 0.0755. The number of hydrogen-bond donors (Lipinski definition) is 2. The van der Waals surface area contributed by atoms with Gasteiger partial charge in [-0.2, -0.15) is 0 Å². The van der Waals surface area contributed by atoms with Crippen molar-refractivity contribution in [1.82, 2.24) is 9.38 Å². The zero-order chi connectivity index (χ0) is 23.4. The summed E-state index contributed by atoms with van der Waals surface area (Å²) in [7, 11) is 1.55. The molecule has 0 atom stereocenters. The Morgan fingerprint density at radius 1 is 0.970 bits per heavy atom. The average Bonchev–Trinajstić information content (AvgIpc) is 2.79. The Kier molecular flexibility index (Phi) is 6.26. The van der Waals surface area contributed by atoms with E-state index in [2.05, 4.69) is 15.6 Å². The Morgan fingerprint density at radius 2 is 1.76 bits per heavy atom. The van der Waals surface area contributed by atoms with Crippen LogP contribution in [-0.2, 0) is 6.61 Å². The third-order valence-corrected chi connectivity index (χ3v) is 5.05. The van der Waals surface area contributed by atoms with E-state index in [0.717, 1.165) is 11.1 Å². The Morgan fingerprint density at radius 3 is 2.58 bits per heavy atom. The fourth-order valence-corrected chi connectivity index (χ4v) is 3.43. The van der Waals surface area contributed by atoms with Crippen molar-refractivity contribution in [2.75, 3.05) is 17.7 Å². The van der Waals surface area contributed by atoms with Gasteiger partial charge in [-0.25, -0.2) is 9.78 Å². The highest BCUT2D eigenvalue weighted by Crippen LogP contribution is 2.27. The summed E-state index contributed by atoms with van der Waals surface area (Å²) >= 11 is 0. The quantitative estimate of drug-likeness (QED) is 0.455. The molecule has 4 aromatic rings. The van der Waals surface area contributed by atoms with E-state index in [-0.39, 0.29) is 12.2 Å². The van der Waals surface area contributed by atoms with Crippen LogP contribution in [0.5, 0.6) is 11.5 Å². The van der Waals surface area contributed by atoms with Crippen molar-refractivity contribution in [1.29, 1.82) is 0 Å². The number of aryl methyl sites for hydroxylation is 2. The van der Waals surface area contributed by atoms with Crippen LogP contribution in [0.2, 0.25) is 0 Å². The number of amides is 2. The first-order valence-corrected chi connectivity index (χ1v) is 10.4. The largest absolute Gasteiger partial charge is 0.495 e. The smallest absolute Gasteiger partial charge is 0.323 e. The molecular weight excluding hydrogens is 420 g/mol. The summed E-state index contributed by atoms with van der Waals surface area (Å²) in [5, 5.41) is 5.60. The maximum absolute atomic E-state index is 12.6. The van der Waals surface area contributed by atoms with Gasteiger partial charge in [0, 0.05) is 12.3 Å². The van der Waals surface area contributed by atoms with Crippen LogP contribution < -0.4 is 25.7 Å². The van der Waals surface area contributed by atoms with Crippen molar-refractivity contribution in [2.45, 2.75) is 20.5 Å². The number of nitrogens with one attached hydrogen (secondary N) is 2. The lowest BCUT2D eigenvalue weighted by atomic mass is 10.2. The number of para-hydroxylation sites is 2. The van der Waals surface area contributed by atoms with Crippen LogP contribution in [0.25, 0.3) is 5.65 Å². The molecule has 0 spiro atoms. The average molecular weight is 444 g/mol. The van der Waals surface area contributed by atoms with E-state index in [0.29, 0.717) is 34.2 Å². The lowest BCUT2D eigenvalue weighted by Crippen LogP contribution is -2.20. The van der Waals surface area contributed by atoms with Crippen molar-refractivity contribution in [2.24, 2.45) is 0 Å². The Balaban J connectivity index is 1.50. The van der Waals surface area contributed by atoms with E-state index in [1.807, 2.05) is 32.0 Å². The number of anilines is 2. The van der Waals surface area contributed by atoms with Gasteiger partial charge in [-0.15, -0.1) is 0 Å². The lowest BCUT2D eigenvalue weighted by molar-refractivity contribution is 0.261. The number of ether oxygens (including phenoxy) is 2. The highest BCUT2D eigenvalue weighted by Gasteiger charge is 2.12. The summed E-state index contributed by atoms with van der Waals surface area (Å²) in [6, 6.07) is 17.3. The van der Waals surface area contributed by atoms with E-state index in [1.165, 1.54) is 10.5 Å². The molecule has 2 aromatic carbocycles. The molecule has 0 aliphatic heterocycles. The first kappa shape index (κ1) is 21.9. The van der Waals surface area contributed by atoms with Crippen LogP contribution in [0.1, 0.15) is 16.8 Å². The van der Waals surface area contributed by atoms with E-state index in [9.17, 15) is 9.59 Å². The normalized spacial score (nSPS) is 10.6. The molecule has 33 heavy (non-hydrogen) atoms. The van der Waals surface area contributed by atoms with Crippen molar-refractivity contribution >= 4 is 23.1 Å². The van der Waals surface area contributed by atoms with Gasteiger partial charge in [-0.3, -0.25) is 9.20 Å². The monoisotopic (exact) mass is 444 g/mol. The van der Waals surface area contributed by atoms with Crippen molar-refractivity contribution < 1.29 is 14.3 Å². The van der Waals surface area contributed by atoms with Gasteiger partial charge in [0.1, 0.15) is 23.8 Å². The molecule has 0 unspecified atom stereocenters. The topological polar surface area (TPSA) is 94.0 Å². The predicted octanol–water partition coefficient (Wildman–Crippen LogP) is 4.54. The number of carbonyl (C=O) groups is 1. The second-order valence-electron chi connectivity index (χ2n) is 7.54. The minimum atomic E-state index is -0.437. The predicted molar refractivity (Wildman–Crippen MR) is 127 cm³/mol. The fraction of sp³-hybridized carbons (Fsp3) is 0.160. The van der Waals surface area contributed by atoms with Crippen LogP contribution in [0.15, 0.2) is 71.7 Å². The van der Waals surface area contributed by atoms with Crippen LogP contribution in [-0.4, -0.2) is 22.5 Å². The maximum Gasteiger partial charge on any atom is 0.323 e. The van der Waals surface area contributed by atoms with Crippen LogP contribution in [0.4, 0.5) is 16.2 Å². The Bertz CT molecular complexity index is 1380. The van der Waals surface area contributed by atoms with Gasteiger partial charge in [-0.05, 0) is 55.3 Å². The summed E-state index contributed by atoms with van der Waals surface area (Å²) in [5.74, 6) is 1.01. The van der Waals surface area contributed by atoms with Gasteiger partial charge in [0.05, 0.1) is 24.2 Å². The molecular formula is C25H24N4O4. The molecule has 0 aliphatic carbocycles. The second kappa shape index (κ2) is 9.44. The number of carbonyl (C=O) groups excluding carboxylic acids is 1. The first-order chi connectivity index (χ1) is 15.9. The van der Waals surface area contributed by atoms with Crippen LogP contribution >= 0.6 is 0 Å². The van der Waals surface area contributed by atoms with Gasteiger partial charge in [-0.1, -0.05) is 24.3 Å². The molecule has 0 bridgehead atoms. The third-order valence-electron chi connectivity index (χ3n) is 5.05. The van der Waals surface area contributed by atoms with Gasteiger partial charge < -0.3 is 20.1 Å². The zero-order valence-electron chi connectivity index (χ0n) is 18.6. The summed E-state index contributed by atoms with van der Waals surface area (Å²) in [4.78, 5) is 29.6. The van der Waals surface area contributed by atoms with Gasteiger partial charge in [0.2, 0.25) is 0 Å². The lowest BCUT2D eigenvalue weighted by Gasteiger charge is -2.15. The Labute approximate surface area is 190 Å². The van der Waals surface area contributed by atoms with Crippen LogP contribution in [0.3, 0.4) is 0 Å². The number of pyridine rings is 1. The molecule has 4 rings (SSSR count). The molecule has 0 saturated heterocycles. The highest BCUT2D eigenvalue weighted by atomic mass is 16.5. The summed E-state index contributed by atoms with van der Waals surface area (Å²) < 4.78 is 12.7. The van der Waals surface area contributed by atoms with E-state index >= 15 is 0 Å². The van der Waals surface area contributed by atoms with Gasteiger partial charge >= 0.3 is 6.03 Å². The van der Waals surface area contributed by atoms with Gasteiger partial charge in [0.25, 0.3) is 5.56 Å². The number of hydrogen-bond acceptors (Lipinski definition) is 5. The molecule has 8 heteroatoms. The van der Waals surface area contributed by atoms with Crippen molar-refractivity contribution in [3.05, 3.63) is 94.0 Å². The maximum atomic E-state index is 12.6. The molecule has 2 N–H and O–H groups in total. The SMILES string of the molecule is COc1ccc(C)cc1NC(=O)Nc1ccccc1OCc1cc(=O)n2cccc(C)c2n1. The number of nitrogens with zero attached hydrogens (tertiary/aromatic N) is 2. The molecule has 0 saturated carbocycles. The van der Waals surface area contributed by atoms with Crippen molar-refractivity contribution in [3.63, 3.8) is 0 Å². The second-order valence-corrected chi connectivity index (χ2v) is 7.54. The molecule has 2 aromatic heterocycles. The van der Waals surface area contributed by atoms with E-state index in [4.69, 9.17) is 9.47 Å². The van der Waals surface area contributed by atoms with E-state index in [1.54, 1.807) is 49.7 Å². The number of benzene rings is 2. The molecule has 2 amide bonds. The molecule has 0 radical (unpaired) electrons. The number of rotatable bonds is 6. The number of methoxy groups -OCH3 is 1. The number of aromatic nitrogens is 2. The highest BCUT2D eigenvalue weighted by molar-refractivity contribution is 6.01. The molecule has 168 valence electrons. The summed E-state index contributed by atoms with van der Waals surface area (Å²) in [6.45, 7) is 3.90. The fourth-order valence-electron chi connectivity index (χ4n) is 3.43. The van der Waals surface area contributed by atoms with Crippen LogP contribution in [0, 0.1) is 13.8 Å². The number of urea groups is 1.